The van der Waals surface area contributed by atoms with Gasteiger partial charge in [-0.3, -0.25) is 4.79 Å². The fourth-order valence-corrected chi connectivity index (χ4v) is 2.76. The van der Waals surface area contributed by atoms with E-state index in [4.69, 9.17) is 4.74 Å². The van der Waals surface area contributed by atoms with E-state index in [1.807, 2.05) is 6.07 Å². The van der Waals surface area contributed by atoms with E-state index >= 15 is 0 Å². The Kier molecular flexibility index (Phi) is 4.45. The highest BCUT2D eigenvalue weighted by molar-refractivity contribution is 9.10. The van der Waals surface area contributed by atoms with Crippen molar-refractivity contribution in [1.82, 2.24) is 5.32 Å². The predicted molar refractivity (Wildman–Crippen MR) is 73.6 cm³/mol. The summed E-state index contributed by atoms with van der Waals surface area (Å²) in [5.74, 6) is 0.987. The number of hydrogen-bond donors (Lipinski definition) is 1. The Bertz CT molecular complexity index is 435. The Morgan fingerprint density at radius 2 is 2.29 bits per heavy atom. The van der Waals surface area contributed by atoms with Gasteiger partial charge in [-0.15, -0.1) is 0 Å². The number of rotatable bonds is 4. The van der Waals surface area contributed by atoms with E-state index in [1.54, 1.807) is 0 Å². The maximum Gasteiger partial charge on any atom is 0.221 e. The van der Waals surface area contributed by atoms with Crippen molar-refractivity contribution in [3.05, 3.63) is 27.7 Å². The molecule has 1 N–H and O–H groups in total. The zero-order valence-electron chi connectivity index (χ0n) is 9.26. The van der Waals surface area contributed by atoms with Crippen LogP contribution >= 0.6 is 31.9 Å². The van der Waals surface area contributed by atoms with Gasteiger partial charge in [-0.2, -0.15) is 0 Å². The molecule has 3 nitrogen and oxygen atoms in total. The highest BCUT2D eigenvalue weighted by Crippen LogP contribution is 2.32. The van der Waals surface area contributed by atoms with E-state index in [0.717, 1.165) is 28.8 Å². The van der Waals surface area contributed by atoms with Crippen LogP contribution in [0.25, 0.3) is 0 Å². The summed E-state index contributed by atoms with van der Waals surface area (Å²) in [6.07, 6.45) is 1.44. The zero-order valence-corrected chi connectivity index (χ0v) is 12.4. The fourth-order valence-electron chi connectivity index (χ4n) is 1.85. The molecular formula is C12H13Br2NO2. The van der Waals surface area contributed by atoms with Gasteiger partial charge in [0.2, 0.25) is 5.91 Å². The number of halogens is 2. The van der Waals surface area contributed by atoms with Crippen molar-refractivity contribution >= 4 is 37.8 Å². The number of fused-ring (bicyclic) bond motifs is 1. The van der Waals surface area contributed by atoms with E-state index in [0.29, 0.717) is 18.3 Å². The third-order valence-corrected chi connectivity index (χ3v) is 3.48. The van der Waals surface area contributed by atoms with Crippen LogP contribution in [0.15, 0.2) is 16.6 Å². The molecule has 0 unspecified atom stereocenters. The van der Waals surface area contributed by atoms with Crippen LogP contribution in [0.4, 0.5) is 0 Å². The molecule has 0 saturated carbocycles. The van der Waals surface area contributed by atoms with Gasteiger partial charge in [0.15, 0.2) is 0 Å². The van der Waals surface area contributed by atoms with Gasteiger partial charge in [0.25, 0.3) is 0 Å². The fraction of sp³-hybridized carbons (Fsp3) is 0.417. The average molecular weight is 363 g/mol. The Morgan fingerprint density at radius 1 is 1.47 bits per heavy atom. The number of carbonyl (C=O) groups excluding carboxylic acids is 1. The van der Waals surface area contributed by atoms with Gasteiger partial charge in [0, 0.05) is 34.8 Å². The molecule has 1 heterocycles. The van der Waals surface area contributed by atoms with E-state index < -0.39 is 0 Å². The van der Waals surface area contributed by atoms with Crippen molar-refractivity contribution in [3.8, 4) is 5.75 Å². The third kappa shape index (κ3) is 3.22. The van der Waals surface area contributed by atoms with Gasteiger partial charge < -0.3 is 10.1 Å². The number of nitrogens with one attached hydrogen (secondary N) is 1. The number of benzene rings is 1. The molecule has 92 valence electrons. The van der Waals surface area contributed by atoms with Crippen LogP contribution in [0.1, 0.15) is 17.5 Å². The summed E-state index contributed by atoms with van der Waals surface area (Å²) in [4.78, 5) is 11.4. The molecule has 0 fully saturated rings. The first-order valence-corrected chi connectivity index (χ1v) is 7.39. The number of alkyl halides is 1. The quantitative estimate of drug-likeness (QED) is 0.836. The molecule has 0 saturated heterocycles. The van der Waals surface area contributed by atoms with Crippen molar-refractivity contribution in [2.45, 2.75) is 19.4 Å². The summed E-state index contributed by atoms with van der Waals surface area (Å²) in [5, 5.41) is 3.57. The van der Waals surface area contributed by atoms with Crippen LogP contribution in [0.5, 0.6) is 5.75 Å². The molecule has 2 rings (SSSR count). The molecule has 1 amide bonds. The molecule has 0 aromatic heterocycles. The van der Waals surface area contributed by atoms with Gasteiger partial charge >= 0.3 is 0 Å². The van der Waals surface area contributed by atoms with Gasteiger partial charge in [0.1, 0.15) is 5.75 Å². The smallest absolute Gasteiger partial charge is 0.221 e. The minimum atomic E-state index is 0.0496. The van der Waals surface area contributed by atoms with E-state index in [9.17, 15) is 4.79 Å². The van der Waals surface area contributed by atoms with Crippen molar-refractivity contribution < 1.29 is 9.53 Å². The Morgan fingerprint density at radius 3 is 3.06 bits per heavy atom. The van der Waals surface area contributed by atoms with Gasteiger partial charge in [0.05, 0.1) is 6.61 Å². The lowest BCUT2D eigenvalue weighted by molar-refractivity contribution is -0.120. The Balaban J connectivity index is 2.08. The van der Waals surface area contributed by atoms with E-state index in [-0.39, 0.29) is 5.91 Å². The van der Waals surface area contributed by atoms with Crippen molar-refractivity contribution in [1.29, 1.82) is 0 Å². The van der Waals surface area contributed by atoms with Crippen molar-refractivity contribution in [2.24, 2.45) is 0 Å². The Hall–Kier alpha value is -0.550. The SMILES string of the molecule is O=C(CCBr)NCc1cc(Br)cc2c1OCC2. The highest BCUT2D eigenvalue weighted by Gasteiger charge is 2.17. The number of ether oxygens (including phenoxy) is 1. The first kappa shape index (κ1) is 12.9. The zero-order chi connectivity index (χ0) is 12.3. The van der Waals surface area contributed by atoms with Crippen LogP contribution < -0.4 is 10.1 Å². The number of amides is 1. The molecule has 5 heteroatoms. The van der Waals surface area contributed by atoms with Gasteiger partial charge in [-0.05, 0) is 17.7 Å². The maximum atomic E-state index is 11.4. The van der Waals surface area contributed by atoms with Crippen LogP contribution in [0, 0.1) is 0 Å². The minimum absolute atomic E-state index is 0.0496. The highest BCUT2D eigenvalue weighted by atomic mass is 79.9. The molecule has 1 aliphatic rings. The number of hydrogen-bond acceptors (Lipinski definition) is 2. The summed E-state index contributed by atoms with van der Waals surface area (Å²) in [5.41, 5.74) is 2.25. The van der Waals surface area contributed by atoms with E-state index in [1.165, 1.54) is 5.56 Å². The van der Waals surface area contributed by atoms with Crippen LogP contribution in [-0.2, 0) is 17.8 Å². The van der Waals surface area contributed by atoms with Crippen LogP contribution in [-0.4, -0.2) is 17.8 Å². The lowest BCUT2D eigenvalue weighted by Gasteiger charge is -2.10. The van der Waals surface area contributed by atoms with Crippen LogP contribution in [0.2, 0.25) is 0 Å². The molecule has 1 aromatic rings. The molecule has 0 spiro atoms. The standard InChI is InChI=1S/C12H13Br2NO2/c13-3-1-11(16)15-7-9-6-10(14)5-8-2-4-17-12(8)9/h5-6H,1-4,7H2,(H,15,16). The topological polar surface area (TPSA) is 38.3 Å². The largest absolute Gasteiger partial charge is 0.493 e. The summed E-state index contributed by atoms with van der Waals surface area (Å²) < 4.78 is 6.63. The molecule has 0 atom stereocenters. The molecule has 0 bridgehead atoms. The summed E-state index contributed by atoms with van der Waals surface area (Å²) in [6, 6.07) is 4.07. The maximum absolute atomic E-state index is 11.4. The van der Waals surface area contributed by atoms with Crippen molar-refractivity contribution in [2.75, 3.05) is 11.9 Å². The lowest BCUT2D eigenvalue weighted by Crippen LogP contribution is -2.23. The second-order valence-electron chi connectivity index (χ2n) is 3.87. The average Bonchev–Trinajstić information content (AvgIpc) is 2.74. The molecule has 17 heavy (non-hydrogen) atoms. The molecule has 1 aliphatic heterocycles. The minimum Gasteiger partial charge on any atom is -0.493 e. The van der Waals surface area contributed by atoms with Crippen LogP contribution in [0.3, 0.4) is 0 Å². The summed E-state index contributed by atoms with van der Waals surface area (Å²) >= 11 is 6.72. The molecule has 0 radical (unpaired) electrons. The summed E-state index contributed by atoms with van der Waals surface area (Å²) in [7, 11) is 0. The predicted octanol–water partition coefficient (Wildman–Crippen LogP) is 2.79. The lowest BCUT2D eigenvalue weighted by atomic mass is 10.1. The molecular weight excluding hydrogens is 350 g/mol. The first-order valence-electron chi connectivity index (χ1n) is 5.47. The monoisotopic (exact) mass is 361 g/mol. The molecule has 1 aromatic carbocycles. The van der Waals surface area contributed by atoms with Crippen molar-refractivity contribution in [3.63, 3.8) is 0 Å². The normalized spacial score (nSPS) is 13.1. The molecule has 0 aliphatic carbocycles. The Labute approximate surface area is 117 Å². The van der Waals surface area contributed by atoms with Gasteiger partial charge in [-0.25, -0.2) is 0 Å². The van der Waals surface area contributed by atoms with E-state index in [2.05, 4.69) is 43.2 Å². The first-order chi connectivity index (χ1) is 8.20. The van der Waals surface area contributed by atoms with Gasteiger partial charge in [-0.1, -0.05) is 31.9 Å². The summed E-state index contributed by atoms with van der Waals surface area (Å²) in [6.45, 7) is 1.25. The second kappa shape index (κ2) is 5.87. The third-order valence-electron chi connectivity index (χ3n) is 2.62. The second-order valence-corrected chi connectivity index (χ2v) is 5.58. The number of carbonyl (C=O) groups is 1.